The second-order valence-corrected chi connectivity index (χ2v) is 4.05. The lowest BCUT2D eigenvalue weighted by molar-refractivity contribution is -0.274. The van der Waals surface area contributed by atoms with Crippen LogP contribution in [0, 0.1) is 6.92 Å². The Balaban J connectivity index is 2.26. The maximum Gasteiger partial charge on any atom is 0.573 e. The number of halogens is 3. The monoisotopic (exact) mass is 284 g/mol. The molecule has 1 N–H and O–H groups in total. The van der Waals surface area contributed by atoms with Crippen LogP contribution in [0.4, 0.5) is 13.2 Å². The van der Waals surface area contributed by atoms with E-state index >= 15 is 0 Å². The summed E-state index contributed by atoms with van der Waals surface area (Å²) in [6.07, 6.45) is -4.44. The van der Waals surface area contributed by atoms with Crippen molar-refractivity contribution in [2.45, 2.75) is 19.4 Å². The Kier molecular flexibility index (Phi) is 3.89. The molecular weight excluding hydrogens is 273 g/mol. The molecule has 0 aliphatic rings. The quantitative estimate of drug-likeness (QED) is 0.941. The van der Waals surface area contributed by atoms with Crippen molar-refractivity contribution < 1.29 is 23.0 Å². The summed E-state index contributed by atoms with van der Waals surface area (Å²) < 4.78 is 40.2. The molecule has 0 aliphatic carbocycles. The zero-order valence-corrected chi connectivity index (χ0v) is 10.4. The first-order chi connectivity index (χ1) is 9.35. The van der Waals surface area contributed by atoms with Gasteiger partial charge in [-0.3, -0.25) is 0 Å². The molecule has 0 bridgehead atoms. The fourth-order valence-electron chi connectivity index (χ4n) is 1.68. The maximum absolute atomic E-state index is 12.1. The van der Waals surface area contributed by atoms with Gasteiger partial charge in [-0.25, -0.2) is 9.97 Å². The predicted molar refractivity (Wildman–Crippen MR) is 64.0 cm³/mol. The van der Waals surface area contributed by atoms with E-state index in [0.717, 1.165) is 12.1 Å². The molecule has 0 aliphatic heterocycles. The molecule has 0 saturated carbocycles. The zero-order valence-electron chi connectivity index (χ0n) is 10.4. The SMILES string of the molecule is Cc1nccc(C(O)c2cccc(OC(F)(F)F)c2)n1. The number of ether oxygens (including phenoxy) is 1. The van der Waals surface area contributed by atoms with Gasteiger partial charge < -0.3 is 9.84 Å². The van der Waals surface area contributed by atoms with Gasteiger partial charge in [-0.05, 0) is 30.7 Å². The molecule has 0 amide bonds. The van der Waals surface area contributed by atoms with Crippen molar-refractivity contribution in [2.75, 3.05) is 0 Å². The summed E-state index contributed by atoms with van der Waals surface area (Å²) >= 11 is 0. The molecule has 2 rings (SSSR count). The normalized spacial score (nSPS) is 13.1. The second-order valence-electron chi connectivity index (χ2n) is 4.05. The van der Waals surface area contributed by atoms with Crippen molar-refractivity contribution in [2.24, 2.45) is 0 Å². The molecule has 1 atom stereocenters. The molecule has 20 heavy (non-hydrogen) atoms. The third-order valence-electron chi connectivity index (χ3n) is 2.49. The van der Waals surface area contributed by atoms with Gasteiger partial charge in [-0.1, -0.05) is 12.1 Å². The molecule has 2 aromatic rings. The molecule has 1 aromatic carbocycles. The van der Waals surface area contributed by atoms with E-state index < -0.39 is 12.5 Å². The molecular formula is C13H11F3N2O2. The Morgan fingerprint density at radius 1 is 1.25 bits per heavy atom. The topological polar surface area (TPSA) is 55.2 Å². The number of alkyl halides is 3. The Bertz CT molecular complexity index is 602. The van der Waals surface area contributed by atoms with Gasteiger partial charge in [-0.15, -0.1) is 13.2 Å². The number of nitrogens with zero attached hydrogens (tertiary/aromatic N) is 2. The number of hydrogen-bond acceptors (Lipinski definition) is 4. The predicted octanol–water partition coefficient (Wildman–Crippen LogP) is 2.77. The minimum Gasteiger partial charge on any atom is -0.406 e. The second kappa shape index (κ2) is 5.46. The van der Waals surface area contributed by atoms with Crippen molar-refractivity contribution in [1.29, 1.82) is 0 Å². The van der Waals surface area contributed by atoms with Gasteiger partial charge in [0.25, 0.3) is 0 Å². The average molecular weight is 284 g/mol. The van der Waals surface area contributed by atoms with Crippen molar-refractivity contribution in [1.82, 2.24) is 9.97 Å². The number of hydrogen-bond donors (Lipinski definition) is 1. The van der Waals surface area contributed by atoms with Crippen LogP contribution in [0.2, 0.25) is 0 Å². The average Bonchev–Trinajstić information content (AvgIpc) is 2.36. The number of aryl methyl sites for hydroxylation is 1. The van der Waals surface area contributed by atoms with Crippen LogP contribution in [0.1, 0.15) is 23.2 Å². The number of aliphatic hydroxyl groups is 1. The van der Waals surface area contributed by atoms with Gasteiger partial charge in [0, 0.05) is 6.20 Å². The third-order valence-corrected chi connectivity index (χ3v) is 2.49. The van der Waals surface area contributed by atoms with Crippen molar-refractivity contribution in [3.8, 4) is 5.75 Å². The van der Waals surface area contributed by atoms with E-state index in [-0.39, 0.29) is 11.3 Å². The summed E-state index contributed by atoms with van der Waals surface area (Å²) in [5.74, 6) is 0.0732. The van der Waals surface area contributed by atoms with E-state index in [9.17, 15) is 18.3 Å². The third kappa shape index (κ3) is 3.67. The van der Waals surface area contributed by atoms with E-state index in [2.05, 4.69) is 14.7 Å². The highest BCUT2D eigenvalue weighted by molar-refractivity contribution is 5.33. The highest BCUT2D eigenvalue weighted by Crippen LogP contribution is 2.27. The number of aromatic nitrogens is 2. The molecule has 0 saturated heterocycles. The lowest BCUT2D eigenvalue weighted by atomic mass is 10.1. The van der Waals surface area contributed by atoms with Crippen LogP contribution in [-0.4, -0.2) is 21.4 Å². The Morgan fingerprint density at radius 2 is 2.00 bits per heavy atom. The Morgan fingerprint density at radius 3 is 2.65 bits per heavy atom. The molecule has 4 nitrogen and oxygen atoms in total. The van der Waals surface area contributed by atoms with E-state index in [1.807, 2.05) is 0 Å². The molecule has 7 heteroatoms. The summed E-state index contributed by atoms with van der Waals surface area (Å²) in [7, 11) is 0. The Labute approximate surface area is 112 Å². The van der Waals surface area contributed by atoms with Crippen molar-refractivity contribution in [3.63, 3.8) is 0 Å². The summed E-state index contributed by atoms with van der Waals surface area (Å²) in [5, 5.41) is 10.1. The number of benzene rings is 1. The largest absolute Gasteiger partial charge is 0.573 e. The first-order valence-corrected chi connectivity index (χ1v) is 5.68. The van der Waals surface area contributed by atoms with Crippen molar-refractivity contribution in [3.05, 3.63) is 53.6 Å². The Hall–Kier alpha value is -2.15. The van der Waals surface area contributed by atoms with Gasteiger partial charge in [-0.2, -0.15) is 0 Å². The summed E-state index contributed by atoms with van der Waals surface area (Å²) in [5.41, 5.74) is 0.562. The molecule has 0 spiro atoms. The van der Waals surface area contributed by atoms with Gasteiger partial charge in [0.1, 0.15) is 17.7 Å². The zero-order chi connectivity index (χ0) is 14.8. The fourth-order valence-corrected chi connectivity index (χ4v) is 1.68. The minimum atomic E-state index is -4.77. The molecule has 0 fully saturated rings. The minimum absolute atomic E-state index is 0.254. The summed E-state index contributed by atoms with van der Waals surface area (Å²) in [4.78, 5) is 7.92. The first kappa shape index (κ1) is 14.3. The molecule has 1 aromatic heterocycles. The van der Waals surface area contributed by atoms with Gasteiger partial charge in [0.15, 0.2) is 0 Å². The van der Waals surface area contributed by atoms with Gasteiger partial charge in [0.05, 0.1) is 5.69 Å². The summed E-state index contributed by atoms with van der Waals surface area (Å²) in [6, 6.07) is 6.64. The van der Waals surface area contributed by atoms with Crippen LogP contribution in [0.3, 0.4) is 0 Å². The van der Waals surface area contributed by atoms with Crippen LogP contribution in [0.5, 0.6) is 5.75 Å². The number of aliphatic hydroxyl groups excluding tert-OH is 1. The highest BCUT2D eigenvalue weighted by Gasteiger charge is 2.31. The van der Waals surface area contributed by atoms with E-state index in [1.54, 1.807) is 6.92 Å². The number of rotatable bonds is 3. The van der Waals surface area contributed by atoms with Crippen LogP contribution >= 0.6 is 0 Å². The molecule has 0 radical (unpaired) electrons. The molecule has 1 unspecified atom stereocenters. The lowest BCUT2D eigenvalue weighted by Gasteiger charge is -2.13. The smallest absolute Gasteiger partial charge is 0.406 e. The molecule has 106 valence electrons. The lowest BCUT2D eigenvalue weighted by Crippen LogP contribution is -2.17. The van der Waals surface area contributed by atoms with E-state index in [0.29, 0.717) is 11.5 Å². The van der Waals surface area contributed by atoms with Crippen molar-refractivity contribution >= 4 is 0 Å². The first-order valence-electron chi connectivity index (χ1n) is 5.68. The van der Waals surface area contributed by atoms with Crippen LogP contribution in [0.25, 0.3) is 0 Å². The van der Waals surface area contributed by atoms with Crippen LogP contribution in [-0.2, 0) is 0 Å². The standard InChI is InChI=1S/C13H11F3N2O2/c1-8-17-6-5-11(18-8)12(19)9-3-2-4-10(7-9)20-13(14,15)16/h2-7,12,19H,1H3. The van der Waals surface area contributed by atoms with Gasteiger partial charge in [0.2, 0.25) is 0 Å². The maximum atomic E-state index is 12.1. The van der Waals surface area contributed by atoms with E-state index in [4.69, 9.17) is 0 Å². The molecule has 1 heterocycles. The fraction of sp³-hybridized carbons (Fsp3) is 0.231. The highest BCUT2D eigenvalue weighted by atomic mass is 19.4. The summed E-state index contributed by atoms with van der Waals surface area (Å²) in [6.45, 7) is 1.65. The van der Waals surface area contributed by atoms with E-state index in [1.165, 1.54) is 24.4 Å². The van der Waals surface area contributed by atoms with Crippen LogP contribution < -0.4 is 4.74 Å². The van der Waals surface area contributed by atoms with Gasteiger partial charge >= 0.3 is 6.36 Å². The van der Waals surface area contributed by atoms with Crippen LogP contribution in [0.15, 0.2) is 36.5 Å².